The summed E-state index contributed by atoms with van der Waals surface area (Å²) in [5, 5.41) is 9.31. The molecule has 6 heteroatoms. The van der Waals surface area contributed by atoms with Gasteiger partial charge in [-0.15, -0.1) is 0 Å². The molecule has 1 aliphatic heterocycles. The van der Waals surface area contributed by atoms with Crippen molar-refractivity contribution in [3.8, 4) is 0 Å². The first-order valence-electron chi connectivity index (χ1n) is 7.76. The van der Waals surface area contributed by atoms with E-state index >= 15 is 0 Å². The Labute approximate surface area is 134 Å². The number of carboxylic acid groups (broad SMARTS) is 1. The fourth-order valence-corrected chi connectivity index (χ4v) is 3.06. The Morgan fingerprint density at radius 3 is 2.70 bits per heavy atom. The van der Waals surface area contributed by atoms with Crippen LogP contribution in [0.2, 0.25) is 0 Å². The van der Waals surface area contributed by atoms with Crippen LogP contribution in [-0.2, 0) is 9.59 Å². The van der Waals surface area contributed by atoms with Gasteiger partial charge in [0.15, 0.2) is 0 Å². The zero-order chi connectivity index (χ0) is 17.1. The number of nitrogens with zero attached hydrogens (tertiary/aromatic N) is 1. The largest absolute Gasteiger partial charge is 0.480 e. The molecule has 0 spiro atoms. The highest BCUT2D eigenvalue weighted by atomic mass is 19.1. The molecule has 23 heavy (non-hydrogen) atoms. The lowest BCUT2D eigenvalue weighted by molar-refractivity contribution is -0.153. The number of hydrogen-bond acceptors (Lipinski definition) is 2. The number of rotatable bonds is 4. The molecule has 126 valence electrons. The molecule has 2 rings (SSSR count). The van der Waals surface area contributed by atoms with Crippen LogP contribution in [0.15, 0.2) is 18.2 Å². The van der Waals surface area contributed by atoms with Crippen LogP contribution in [-0.4, -0.2) is 34.5 Å². The second kappa shape index (κ2) is 7.06. The van der Waals surface area contributed by atoms with Crippen LogP contribution in [0, 0.1) is 17.6 Å². The van der Waals surface area contributed by atoms with E-state index in [9.17, 15) is 23.5 Å². The van der Waals surface area contributed by atoms with Gasteiger partial charge < -0.3 is 10.0 Å². The molecule has 4 nitrogen and oxygen atoms in total. The highest BCUT2D eigenvalue weighted by molar-refractivity contribution is 5.84. The van der Waals surface area contributed by atoms with Gasteiger partial charge in [-0.2, -0.15) is 0 Å². The van der Waals surface area contributed by atoms with Crippen LogP contribution in [0.4, 0.5) is 8.78 Å². The van der Waals surface area contributed by atoms with Crippen LogP contribution in [0.25, 0.3) is 0 Å². The molecule has 1 N–H and O–H groups in total. The summed E-state index contributed by atoms with van der Waals surface area (Å²) in [5.74, 6) is -2.86. The molecule has 1 aromatic rings. The molecule has 0 saturated carbocycles. The molecule has 0 bridgehead atoms. The maximum absolute atomic E-state index is 13.8. The van der Waals surface area contributed by atoms with Crippen molar-refractivity contribution in [1.82, 2.24) is 4.90 Å². The van der Waals surface area contributed by atoms with Crippen molar-refractivity contribution in [2.24, 2.45) is 5.92 Å². The second-order valence-electron chi connectivity index (χ2n) is 6.34. The summed E-state index contributed by atoms with van der Waals surface area (Å²) < 4.78 is 26.8. The third-order valence-corrected chi connectivity index (χ3v) is 4.44. The van der Waals surface area contributed by atoms with Gasteiger partial charge in [0.1, 0.15) is 17.7 Å². The van der Waals surface area contributed by atoms with E-state index < -0.39 is 29.6 Å². The molecular weight excluding hydrogens is 304 g/mol. The van der Waals surface area contributed by atoms with Gasteiger partial charge in [-0.05, 0) is 36.3 Å². The van der Waals surface area contributed by atoms with E-state index in [1.54, 1.807) is 6.92 Å². The van der Waals surface area contributed by atoms with Crippen LogP contribution in [0.3, 0.4) is 0 Å². The van der Waals surface area contributed by atoms with Crippen molar-refractivity contribution in [2.75, 3.05) is 6.54 Å². The van der Waals surface area contributed by atoms with E-state index in [-0.39, 0.29) is 23.8 Å². The van der Waals surface area contributed by atoms with E-state index in [0.29, 0.717) is 13.0 Å². The first kappa shape index (κ1) is 17.4. The van der Waals surface area contributed by atoms with Gasteiger partial charge in [-0.1, -0.05) is 19.9 Å². The molecule has 1 fully saturated rings. The minimum absolute atomic E-state index is 0.000708. The van der Waals surface area contributed by atoms with Gasteiger partial charge in [0.05, 0.1) is 0 Å². The molecule has 3 atom stereocenters. The Morgan fingerprint density at radius 1 is 1.39 bits per heavy atom. The van der Waals surface area contributed by atoms with Crippen molar-refractivity contribution in [3.05, 3.63) is 35.4 Å². The van der Waals surface area contributed by atoms with Crippen molar-refractivity contribution < 1.29 is 23.5 Å². The van der Waals surface area contributed by atoms with E-state index in [0.717, 1.165) is 18.6 Å². The quantitative estimate of drug-likeness (QED) is 0.925. The van der Waals surface area contributed by atoms with Gasteiger partial charge in [0.2, 0.25) is 5.91 Å². The number of carbonyl (C=O) groups is 2. The zero-order valence-corrected chi connectivity index (χ0v) is 13.3. The number of halogens is 2. The molecule has 0 aromatic heterocycles. The van der Waals surface area contributed by atoms with E-state index in [2.05, 4.69) is 0 Å². The molecule has 1 saturated heterocycles. The van der Waals surface area contributed by atoms with Gasteiger partial charge >= 0.3 is 5.97 Å². The van der Waals surface area contributed by atoms with E-state index in [1.807, 2.05) is 6.92 Å². The number of benzene rings is 1. The fraction of sp³-hybridized carbons (Fsp3) is 0.529. The fourth-order valence-electron chi connectivity index (χ4n) is 3.06. The number of hydrogen-bond donors (Lipinski definition) is 1. The van der Waals surface area contributed by atoms with Crippen LogP contribution >= 0.6 is 0 Å². The van der Waals surface area contributed by atoms with Crippen LogP contribution in [0.5, 0.6) is 0 Å². The van der Waals surface area contributed by atoms with Gasteiger partial charge in [0.25, 0.3) is 0 Å². The summed E-state index contributed by atoms with van der Waals surface area (Å²) in [6.07, 6.45) is 1.19. The molecular formula is C17H21F2NO3. The normalized spacial score (nSPS) is 22.7. The molecule has 1 aromatic carbocycles. The lowest BCUT2D eigenvalue weighted by atomic mass is 9.90. The predicted molar refractivity (Wildman–Crippen MR) is 80.9 cm³/mol. The number of likely N-dealkylation sites (tertiary alicyclic amines) is 1. The van der Waals surface area contributed by atoms with Gasteiger partial charge in [-0.25, -0.2) is 13.6 Å². The van der Waals surface area contributed by atoms with Gasteiger partial charge in [-0.3, -0.25) is 4.79 Å². The number of piperidine rings is 1. The number of aliphatic carboxylic acids is 1. The molecule has 0 aliphatic carbocycles. The Balaban J connectivity index is 2.09. The number of carbonyl (C=O) groups excluding carboxylic acids is 1. The Hall–Kier alpha value is -1.98. The highest BCUT2D eigenvalue weighted by Gasteiger charge is 2.35. The maximum atomic E-state index is 13.8. The predicted octanol–water partition coefficient (Wildman–Crippen LogP) is 3.17. The Bertz CT molecular complexity index is 606. The lowest BCUT2D eigenvalue weighted by Gasteiger charge is -2.36. The second-order valence-corrected chi connectivity index (χ2v) is 6.34. The van der Waals surface area contributed by atoms with Crippen molar-refractivity contribution in [3.63, 3.8) is 0 Å². The highest BCUT2D eigenvalue weighted by Crippen LogP contribution is 2.27. The third kappa shape index (κ3) is 4.06. The summed E-state index contributed by atoms with van der Waals surface area (Å²) in [6.45, 7) is 4.04. The van der Waals surface area contributed by atoms with Gasteiger partial charge in [0, 0.05) is 19.0 Å². The van der Waals surface area contributed by atoms with Crippen LogP contribution < -0.4 is 0 Å². The van der Waals surface area contributed by atoms with E-state index in [1.165, 1.54) is 11.0 Å². The van der Waals surface area contributed by atoms with Crippen molar-refractivity contribution in [2.45, 2.75) is 45.1 Å². The summed E-state index contributed by atoms with van der Waals surface area (Å²) >= 11 is 0. The third-order valence-electron chi connectivity index (χ3n) is 4.44. The zero-order valence-electron chi connectivity index (χ0n) is 13.3. The lowest BCUT2D eigenvalue weighted by Crippen LogP contribution is -2.50. The molecule has 0 radical (unpaired) electrons. The topological polar surface area (TPSA) is 57.6 Å². The Kier molecular flexibility index (Phi) is 5.34. The monoisotopic (exact) mass is 325 g/mol. The molecule has 1 aliphatic rings. The maximum Gasteiger partial charge on any atom is 0.326 e. The minimum Gasteiger partial charge on any atom is -0.480 e. The standard InChI is InChI=1S/C17H21F2NO3/c1-10-5-6-20(15(7-10)17(22)23)16(21)8-11(2)13-4-3-12(18)9-14(13)19/h3-4,9-11,15H,5-8H2,1-2H3,(H,22,23). The molecule has 1 amide bonds. The van der Waals surface area contributed by atoms with Crippen molar-refractivity contribution >= 4 is 11.9 Å². The average Bonchev–Trinajstić information content (AvgIpc) is 2.46. The molecule has 3 unspecified atom stereocenters. The number of amides is 1. The average molecular weight is 325 g/mol. The smallest absolute Gasteiger partial charge is 0.326 e. The summed E-state index contributed by atoms with van der Waals surface area (Å²) in [5.41, 5.74) is 0.261. The Morgan fingerprint density at radius 2 is 2.09 bits per heavy atom. The first-order chi connectivity index (χ1) is 10.8. The minimum atomic E-state index is -1.01. The summed E-state index contributed by atoms with van der Waals surface area (Å²) in [4.78, 5) is 25.2. The summed E-state index contributed by atoms with van der Waals surface area (Å²) in [7, 11) is 0. The van der Waals surface area contributed by atoms with Crippen molar-refractivity contribution in [1.29, 1.82) is 0 Å². The molecule has 1 heterocycles. The summed E-state index contributed by atoms with van der Waals surface area (Å²) in [6, 6.07) is 2.45. The number of carboxylic acids is 1. The first-order valence-corrected chi connectivity index (χ1v) is 7.76. The SMILES string of the molecule is CC1CCN(C(=O)CC(C)c2ccc(F)cc2F)C(C(=O)O)C1. The van der Waals surface area contributed by atoms with E-state index in [4.69, 9.17) is 0 Å². The van der Waals surface area contributed by atoms with Crippen LogP contribution in [0.1, 0.15) is 44.6 Å².